The van der Waals surface area contributed by atoms with E-state index in [0.29, 0.717) is 0 Å². The number of rotatable bonds is 3. The van der Waals surface area contributed by atoms with Gasteiger partial charge in [0, 0.05) is 44.7 Å². The molecule has 14 heavy (non-hydrogen) atoms. The zero-order chi connectivity index (χ0) is 9.80. The topological polar surface area (TPSA) is 41.3 Å². The van der Waals surface area contributed by atoms with Crippen LogP contribution < -0.4 is 5.32 Å². The monoisotopic (exact) mass is 195 g/mol. The predicted molar refractivity (Wildman–Crippen MR) is 54.3 cm³/mol. The van der Waals surface area contributed by atoms with Gasteiger partial charge >= 0.3 is 0 Å². The molecule has 0 aliphatic carbocycles. The number of piperazine rings is 1. The molecule has 0 spiro atoms. The van der Waals surface area contributed by atoms with E-state index in [2.05, 4.69) is 15.4 Å². The number of hydrogen-bond donors (Lipinski definition) is 1. The lowest BCUT2D eigenvalue weighted by Gasteiger charge is -2.26. The smallest absolute Gasteiger partial charge is 0.140 e. The summed E-state index contributed by atoms with van der Waals surface area (Å²) in [7, 11) is 0. The van der Waals surface area contributed by atoms with Gasteiger partial charge in [-0.15, -0.1) is 0 Å². The van der Waals surface area contributed by atoms with Gasteiger partial charge in [-0.3, -0.25) is 0 Å². The van der Waals surface area contributed by atoms with E-state index >= 15 is 0 Å². The third kappa shape index (κ3) is 2.33. The van der Waals surface area contributed by atoms with Gasteiger partial charge in [0.1, 0.15) is 5.76 Å². The Labute approximate surface area is 84.3 Å². The van der Waals surface area contributed by atoms with E-state index in [1.165, 1.54) is 5.56 Å². The van der Waals surface area contributed by atoms with E-state index in [0.717, 1.165) is 44.9 Å². The van der Waals surface area contributed by atoms with Crippen LogP contribution in [0.5, 0.6) is 0 Å². The molecular formula is C10H17N3O. The molecule has 2 heterocycles. The maximum absolute atomic E-state index is 5.16. The Bertz CT molecular complexity index is 279. The molecule has 0 amide bonds. The first-order chi connectivity index (χ1) is 6.86. The number of nitrogens with one attached hydrogen (secondary N) is 1. The Morgan fingerprint density at radius 3 is 2.93 bits per heavy atom. The second-order valence-electron chi connectivity index (χ2n) is 3.77. The molecule has 2 rings (SSSR count). The zero-order valence-corrected chi connectivity index (χ0v) is 8.62. The number of nitrogens with zero attached hydrogens (tertiary/aromatic N) is 2. The average molecular weight is 195 g/mol. The molecule has 1 aromatic heterocycles. The molecule has 0 aromatic carbocycles. The quantitative estimate of drug-likeness (QED) is 0.759. The summed E-state index contributed by atoms with van der Waals surface area (Å²) in [5.41, 5.74) is 1.17. The Hall–Kier alpha value is -0.870. The summed E-state index contributed by atoms with van der Waals surface area (Å²) >= 11 is 0. The highest BCUT2D eigenvalue weighted by atomic mass is 16.5. The summed E-state index contributed by atoms with van der Waals surface area (Å²) in [4.78, 5) is 2.46. The lowest BCUT2D eigenvalue weighted by molar-refractivity contribution is 0.235. The lowest BCUT2D eigenvalue weighted by atomic mass is 10.2. The van der Waals surface area contributed by atoms with E-state index in [-0.39, 0.29) is 0 Å². The fourth-order valence-corrected chi connectivity index (χ4v) is 1.75. The summed E-state index contributed by atoms with van der Waals surface area (Å²) in [6.45, 7) is 7.63. The fourth-order valence-electron chi connectivity index (χ4n) is 1.75. The molecule has 0 bridgehead atoms. The molecule has 0 unspecified atom stereocenters. The van der Waals surface area contributed by atoms with Gasteiger partial charge in [-0.1, -0.05) is 5.16 Å². The van der Waals surface area contributed by atoms with Gasteiger partial charge in [0.25, 0.3) is 0 Å². The van der Waals surface area contributed by atoms with Crippen LogP contribution in [0.2, 0.25) is 0 Å². The first kappa shape index (κ1) is 9.68. The molecule has 1 N–H and O–H groups in total. The molecular weight excluding hydrogens is 178 g/mol. The SMILES string of the molecule is Cc1cnoc1CCN1CCNCC1. The molecule has 1 fully saturated rings. The van der Waals surface area contributed by atoms with Gasteiger partial charge in [-0.25, -0.2) is 0 Å². The minimum absolute atomic E-state index is 0.978. The van der Waals surface area contributed by atoms with Crippen LogP contribution in [0.25, 0.3) is 0 Å². The first-order valence-corrected chi connectivity index (χ1v) is 5.19. The summed E-state index contributed by atoms with van der Waals surface area (Å²) in [5.74, 6) is 1.03. The second kappa shape index (κ2) is 4.57. The minimum atomic E-state index is 0.978. The molecule has 78 valence electrons. The van der Waals surface area contributed by atoms with Crippen molar-refractivity contribution < 1.29 is 4.52 Å². The van der Waals surface area contributed by atoms with E-state index < -0.39 is 0 Å². The van der Waals surface area contributed by atoms with Crippen LogP contribution >= 0.6 is 0 Å². The number of aromatic nitrogens is 1. The average Bonchev–Trinajstić information content (AvgIpc) is 2.63. The third-order valence-corrected chi connectivity index (χ3v) is 2.71. The number of hydrogen-bond acceptors (Lipinski definition) is 4. The van der Waals surface area contributed by atoms with Crippen molar-refractivity contribution in [1.82, 2.24) is 15.4 Å². The van der Waals surface area contributed by atoms with Crippen LogP contribution in [-0.2, 0) is 6.42 Å². The highest BCUT2D eigenvalue weighted by Crippen LogP contribution is 2.07. The van der Waals surface area contributed by atoms with Crippen LogP contribution in [0.1, 0.15) is 11.3 Å². The van der Waals surface area contributed by atoms with Gasteiger partial charge < -0.3 is 14.7 Å². The molecule has 1 saturated heterocycles. The van der Waals surface area contributed by atoms with Crippen molar-refractivity contribution in [3.8, 4) is 0 Å². The molecule has 1 aromatic rings. The molecule has 1 aliphatic rings. The van der Waals surface area contributed by atoms with Crippen LogP contribution in [0.4, 0.5) is 0 Å². The summed E-state index contributed by atoms with van der Waals surface area (Å²) in [5, 5.41) is 7.12. The van der Waals surface area contributed by atoms with Crippen LogP contribution in [-0.4, -0.2) is 42.8 Å². The van der Waals surface area contributed by atoms with E-state index in [4.69, 9.17) is 4.52 Å². The predicted octanol–water partition coefficient (Wildman–Crippen LogP) is 0.431. The van der Waals surface area contributed by atoms with Crippen LogP contribution in [0.3, 0.4) is 0 Å². The van der Waals surface area contributed by atoms with E-state index in [1.807, 2.05) is 6.92 Å². The van der Waals surface area contributed by atoms with Gasteiger partial charge in [0.05, 0.1) is 6.20 Å². The molecule has 0 radical (unpaired) electrons. The van der Waals surface area contributed by atoms with Crippen LogP contribution in [0.15, 0.2) is 10.7 Å². The first-order valence-electron chi connectivity index (χ1n) is 5.19. The van der Waals surface area contributed by atoms with Crippen molar-refractivity contribution in [1.29, 1.82) is 0 Å². The second-order valence-corrected chi connectivity index (χ2v) is 3.77. The molecule has 4 heteroatoms. The Morgan fingerprint density at radius 1 is 1.50 bits per heavy atom. The van der Waals surface area contributed by atoms with E-state index in [1.54, 1.807) is 6.20 Å². The maximum Gasteiger partial charge on any atom is 0.140 e. The van der Waals surface area contributed by atoms with E-state index in [9.17, 15) is 0 Å². The minimum Gasteiger partial charge on any atom is -0.361 e. The van der Waals surface area contributed by atoms with Gasteiger partial charge in [-0.05, 0) is 6.92 Å². The Balaban J connectivity index is 1.79. The van der Waals surface area contributed by atoms with Crippen molar-refractivity contribution in [2.24, 2.45) is 0 Å². The van der Waals surface area contributed by atoms with Gasteiger partial charge in [0.2, 0.25) is 0 Å². The van der Waals surface area contributed by atoms with Crippen molar-refractivity contribution >= 4 is 0 Å². The zero-order valence-electron chi connectivity index (χ0n) is 8.62. The lowest BCUT2D eigenvalue weighted by Crippen LogP contribution is -2.44. The summed E-state index contributed by atoms with van der Waals surface area (Å²) < 4.78 is 5.16. The van der Waals surface area contributed by atoms with Crippen molar-refractivity contribution in [3.05, 3.63) is 17.5 Å². The maximum atomic E-state index is 5.16. The van der Waals surface area contributed by atoms with Gasteiger partial charge in [-0.2, -0.15) is 0 Å². The summed E-state index contributed by atoms with van der Waals surface area (Å²) in [6.07, 6.45) is 2.76. The molecule has 0 saturated carbocycles. The van der Waals surface area contributed by atoms with Crippen LogP contribution in [0, 0.1) is 6.92 Å². The fraction of sp³-hybridized carbons (Fsp3) is 0.700. The standard InChI is InChI=1S/C10H17N3O/c1-9-8-12-14-10(9)2-5-13-6-3-11-4-7-13/h8,11H,2-7H2,1H3. The highest BCUT2D eigenvalue weighted by Gasteiger charge is 2.11. The largest absolute Gasteiger partial charge is 0.361 e. The highest BCUT2D eigenvalue weighted by molar-refractivity contribution is 5.10. The summed E-state index contributed by atoms with van der Waals surface area (Å²) in [6, 6.07) is 0. The van der Waals surface area contributed by atoms with Crippen molar-refractivity contribution in [2.75, 3.05) is 32.7 Å². The molecule has 4 nitrogen and oxygen atoms in total. The third-order valence-electron chi connectivity index (χ3n) is 2.71. The van der Waals surface area contributed by atoms with Gasteiger partial charge in [0.15, 0.2) is 0 Å². The van der Waals surface area contributed by atoms with Crippen molar-refractivity contribution in [2.45, 2.75) is 13.3 Å². The van der Waals surface area contributed by atoms with Crippen molar-refractivity contribution in [3.63, 3.8) is 0 Å². The normalized spacial score (nSPS) is 18.6. The Morgan fingerprint density at radius 2 is 2.29 bits per heavy atom. The molecule has 1 aliphatic heterocycles. The number of aryl methyl sites for hydroxylation is 1. The molecule has 0 atom stereocenters. The Kier molecular flexibility index (Phi) is 3.16.